The smallest absolute Gasteiger partial charge is 0.170 e. The van der Waals surface area contributed by atoms with Crippen molar-refractivity contribution in [1.82, 2.24) is 4.98 Å². The molecule has 0 amide bonds. The van der Waals surface area contributed by atoms with Gasteiger partial charge in [-0.15, -0.1) is 0 Å². The van der Waals surface area contributed by atoms with Gasteiger partial charge in [-0.25, -0.2) is 0 Å². The molecule has 6 nitrogen and oxygen atoms in total. The van der Waals surface area contributed by atoms with E-state index in [1.54, 1.807) is 48.8 Å². The zero-order chi connectivity index (χ0) is 20.4. The van der Waals surface area contributed by atoms with Gasteiger partial charge in [0.25, 0.3) is 0 Å². The van der Waals surface area contributed by atoms with Gasteiger partial charge < -0.3 is 14.6 Å². The fourth-order valence-electron chi connectivity index (χ4n) is 3.40. The third-order valence-corrected chi connectivity index (χ3v) is 4.93. The number of carbonyl (C=O) groups excluding carboxylic acids is 1. The van der Waals surface area contributed by atoms with Crippen molar-refractivity contribution < 1.29 is 19.4 Å². The first-order chi connectivity index (χ1) is 14.1. The summed E-state index contributed by atoms with van der Waals surface area (Å²) in [6, 6.07) is 13.8. The second kappa shape index (κ2) is 7.64. The van der Waals surface area contributed by atoms with Crippen molar-refractivity contribution in [2.45, 2.75) is 19.4 Å². The van der Waals surface area contributed by atoms with E-state index in [2.05, 4.69) is 4.98 Å². The minimum atomic E-state index is -0.637. The van der Waals surface area contributed by atoms with E-state index in [1.807, 2.05) is 13.0 Å². The van der Waals surface area contributed by atoms with Crippen LogP contribution in [0.2, 0.25) is 0 Å². The van der Waals surface area contributed by atoms with Crippen molar-refractivity contribution in [3.63, 3.8) is 0 Å². The maximum Gasteiger partial charge on any atom is 0.170 e. The maximum atomic E-state index is 12.1. The van der Waals surface area contributed by atoms with Gasteiger partial charge in [-0.05, 0) is 49.4 Å². The predicted molar refractivity (Wildman–Crippen MR) is 105 cm³/mol. The Bertz CT molecular complexity index is 1120. The van der Waals surface area contributed by atoms with Crippen molar-refractivity contribution in [2.75, 3.05) is 6.61 Å². The second-order valence-electron chi connectivity index (χ2n) is 6.75. The Morgan fingerprint density at radius 2 is 2.00 bits per heavy atom. The Morgan fingerprint density at radius 3 is 2.72 bits per heavy atom. The maximum absolute atomic E-state index is 12.1. The molecule has 3 aromatic rings. The van der Waals surface area contributed by atoms with E-state index in [1.165, 1.54) is 6.07 Å². The molecular formula is C23H18N2O4. The quantitative estimate of drug-likeness (QED) is 0.726. The molecule has 1 aliphatic rings. The van der Waals surface area contributed by atoms with Gasteiger partial charge in [-0.2, -0.15) is 5.26 Å². The highest BCUT2D eigenvalue weighted by molar-refractivity contribution is 6.00. The second-order valence-corrected chi connectivity index (χ2v) is 6.75. The van der Waals surface area contributed by atoms with Crippen LogP contribution in [0.15, 0.2) is 54.9 Å². The molecule has 144 valence electrons. The van der Waals surface area contributed by atoms with Crippen LogP contribution in [0, 0.1) is 18.3 Å². The largest absolute Gasteiger partial charge is 0.507 e. The van der Waals surface area contributed by atoms with Crippen LogP contribution in [-0.2, 0) is 0 Å². The minimum Gasteiger partial charge on any atom is -0.507 e. The summed E-state index contributed by atoms with van der Waals surface area (Å²) in [7, 11) is 0. The van der Waals surface area contributed by atoms with E-state index >= 15 is 0 Å². The number of phenols is 1. The number of benzene rings is 2. The normalized spacial score (nSPS) is 13.7. The lowest BCUT2D eigenvalue weighted by molar-refractivity contribution is 0.0932. The zero-order valence-electron chi connectivity index (χ0n) is 15.8. The van der Waals surface area contributed by atoms with Gasteiger partial charge in [0.2, 0.25) is 0 Å². The van der Waals surface area contributed by atoms with Crippen molar-refractivity contribution in [1.29, 1.82) is 5.26 Å². The van der Waals surface area contributed by atoms with Crippen LogP contribution in [0.25, 0.3) is 0 Å². The summed E-state index contributed by atoms with van der Waals surface area (Å²) in [5, 5.41) is 19.6. The topological polar surface area (TPSA) is 92.4 Å². The molecule has 0 saturated carbocycles. The standard InChI is InChI=1S/C23H18N2O4/c1-14-21(5-4-17-19(26)8-11-28-22(14)17)29-23(16-6-9-25-10-7-16)18-3-2-15(13-24)12-20(18)27/h2-7,9-10,12,23,27H,8,11H2,1H3. The molecule has 2 heterocycles. The van der Waals surface area contributed by atoms with Gasteiger partial charge in [0.05, 0.1) is 23.8 Å². The molecule has 1 aliphatic heterocycles. The number of ether oxygens (including phenoxy) is 2. The van der Waals surface area contributed by atoms with E-state index in [0.717, 1.165) is 11.1 Å². The Morgan fingerprint density at radius 1 is 1.21 bits per heavy atom. The first-order valence-corrected chi connectivity index (χ1v) is 9.17. The number of Topliss-reactive ketones (excluding diaryl/α,β-unsaturated/α-hetero) is 1. The van der Waals surface area contributed by atoms with Gasteiger partial charge in [0, 0.05) is 35.5 Å². The molecule has 0 aliphatic carbocycles. The molecule has 0 spiro atoms. The van der Waals surface area contributed by atoms with Crippen LogP contribution in [-0.4, -0.2) is 22.5 Å². The first kappa shape index (κ1) is 18.5. The van der Waals surface area contributed by atoms with Crippen LogP contribution in [0.3, 0.4) is 0 Å². The van der Waals surface area contributed by atoms with Crippen molar-refractivity contribution in [2.24, 2.45) is 0 Å². The predicted octanol–water partition coefficient (Wildman–Crippen LogP) is 4.10. The molecular weight excluding hydrogens is 368 g/mol. The summed E-state index contributed by atoms with van der Waals surface area (Å²) in [5.41, 5.74) is 2.94. The van der Waals surface area contributed by atoms with Crippen LogP contribution < -0.4 is 9.47 Å². The molecule has 1 unspecified atom stereocenters. The molecule has 0 radical (unpaired) electrons. The summed E-state index contributed by atoms with van der Waals surface area (Å²) in [6.45, 7) is 2.19. The monoisotopic (exact) mass is 386 g/mol. The highest BCUT2D eigenvalue weighted by atomic mass is 16.5. The van der Waals surface area contributed by atoms with Gasteiger partial charge in [-0.1, -0.05) is 0 Å². The number of nitrogens with zero attached hydrogens (tertiary/aromatic N) is 2. The molecule has 6 heteroatoms. The van der Waals surface area contributed by atoms with E-state index < -0.39 is 6.10 Å². The lowest BCUT2D eigenvalue weighted by Crippen LogP contribution is -2.17. The molecule has 0 bridgehead atoms. The molecule has 1 atom stereocenters. The molecule has 1 aromatic heterocycles. The molecule has 2 aromatic carbocycles. The Kier molecular flexibility index (Phi) is 4.88. The fourth-order valence-corrected chi connectivity index (χ4v) is 3.40. The van der Waals surface area contributed by atoms with Crippen LogP contribution in [0.5, 0.6) is 17.2 Å². The number of pyridine rings is 1. The number of phenolic OH excluding ortho intramolecular Hbond substituents is 1. The highest BCUT2D eigenvalue weighted by Crippen LogP contribution is 2.39. The van der Waals surface area contributed by atoms with Crippen LogP contribution in [0.4, 0.5) is 0 Å². The molecule has 0 fully saturated rings. The van der Waals surface area contributed by atoms with E-state index in [4.69, 9.17) is 14.7 Å². The summed E-state index contributed by atoms with van der Waals surface area (Å²) < 4.78 is 12.0. The van der Waals surface area contributed by atoms with Crippen LogP contribution >= 0.6 is 0 Å². The molecule has 1 N–H and O–H groups in total. The van der Waals surface area contributed by atoms with Crippen molar-refractivity contribution in [3.05, 3.63) is 82.7 Å². The zero-order valence-corrected chi connectivity index (χ0v) is 15.8. The molecule has 0 saturated heterocycles. The molecule has 4 rings (SSSR count). The van der Waals surface area contributed by atoms with Crippen LogP contribution in [0.1, 0.15) is 45.1 Å². The number of nitriles is 1. The molecule has 29 heavy (non-hydrogen) atoms. The number of carbonyl (C=O) groups is 1. The number of ketones is 1. The van der Waals surface area contributed by atoms with Gasteiger partial charge in [-0.3, -0.25) is 9.78 Å². The third kappa shape index (κ3) is 3.50. The van der Waals surface area contributed by atoms with E-state index in [-0.39, 0.29) is 11.5 Å². The summed E-state index contributed by atoms with van der Waals surface area (Å²) in [4.78, 5) is 16.2. The van der Waals surface area contributed by atoms with Crippen molar-refractivity contribution >= 4 is 5.78 Å². The van der Waals surface area contributed by atoms with Gasteiger partial charge in [0.15, 0.2) is 11.9 Å². The van der Waals surface area contributed by atoms with Gasteiger partial charge >= 0.3 is 0 Å². The lowest BCUT2D eigenvalue weighted by Gasteiger charge is -2.25. The average molecular weight is 386 g/mol. The Labute approximate surface area is 168 Å². The van der Waals surface area contributed by atoms with E-state index in [0.29, 0.717) is 41.2 Å². The van der Waals surface area contributed by atoms with E-state index in [9.17, 15) is 9.90 Å². The number of hydrogen-bond donors (Lipinski definition) is 1. The Hall–Kier alpha value is -3.85. The summed E-state index contributed by atoms with van der Waals surface area (Å²) in [5.74, 6) is 1.10. The first-order valence-electron chi connectivity index (χ1n) is 9.17. The number of aromatic nitrogens is 1. The number of fused-ring (bicyclic) bond motifs is 1. The van der Waals surface area contributed by atoms with Gasteiger partial charge in [0.1, 0.15) is 17.2 Å². The highest BCUT2D eigenvalue weighted by Gasteiger charge is 2.25. The average Bonchev–Trinajstić information content (AvgIpc) is 2.75. The minimum absolute atomic E-state index is 0.0343. The third-order valence-electron chi connectivity index (χ3n) is 4.93. The SMILES string of the molecule is Cc1c(OC(c2ccncc2)c2ccc(C#N)cc2O)ccc2c1OCCC2=O. The lowest BCUT2D eigenvalue weighted by atomic mass is 9.98. The number of rotatable bonds is 4. The fraction of sp³-hybridized carbons (Fsp3) is 0.174. The Balaban J connectivity index is 1.78. The number of hydrogen-bond acceptors (Lipinski definition) is 6. The summed E-state index contributed by atoms with van der Waals surface area (Å²) in [6.07, 6.45) is 3.02. The van der Waals surface area contributed by atoms with Crippen molar-refractivity contribution in [3.8, 4) is 23.3 Å². The number of aromatic hydroxyl groups is 1. The summed E-state index contributed by atoms with van der Waals surface area (Å²) >= 11 is 0.